The van der Waals surface area contributed by atoms with Crippen LogP contribution in [0.2, 0.25) is 0 Å². The molecule has 0 aliphatic carbocycles. The van der Waals surface area contributed by atoms with Gasteiger partial charge in [0.15, 0.2) is 0 Å². The third-order valence-electron chi connectivity index (χ3n) is 2.87. The van der Waals surface area contributed by atoms with E-state index >= 15 is 0 Å². The zero-order valence-corrected chi connectivity index (χ0v) is 11.8. The summed E-state index contributed by atoms with van der Waals surface area (Å²) in [5.74, 6) is -0.243. The highest BCUT2D eigenvalue weighted by molar-refractivity contribution is 5.95. The molecule has 6 nitrogen and oxygen atoms in total. The number of imide groups is 1. The van der Waals surface area contributed by atoms with Crippen molar-refractivity contribution in [3.63, 3.8) is 0 Å². The van der Waals surface area contributed by atoms with Crippen molar-refractivity contribution in [3.8, 4) is 0 Å². The average molecular weight is 279 g/mol. The van der Waals surface area contributed by atoms with E-state index in [1.165, 1.54) is 0 Å². The maximum absolute atomic E-state index is 11.6. The van der Waals surface area contributed by atoms with Crippen LogP contribution in [0.1, 0.15) is 19.8 Å². The summed E-state index contributed by atoms with van der Waals surface area (Å²) < 4.78 is 0. The predicted octanol–water partition coefficient (Wildman–Crippen LogP) is -0.0623. The van der Waals surface area contributed by atoms with Crippen LogP contribution in [0.25, 0.3) is 0 Å². The molecule has 1 aliphatic rings. The Morgan fingerprint density at radius 1 is 1.39 bits per heavy atom. The fourth-order valence-corrected chi connectivity index (χ4v) is 2.01. The maximum atomic E-state index is 11.6. The molecule has 0 aromatic heterocycles. The van der Waals surface area contributed by atoms with Crippen molar-refractivity contribution in [3.05, 3.63) is 0 Å². The molecule has 0 saturated carbocycles. The average Bonchev–Trinajstić information content (AvgIpc) is 2.29. The van der Waals surface area contributed by atoms with Crippen LogP contribution >= 0.6 is 12.4 Å². The van der Waals surface area contributed by atoms with Gasteiger partial charge in [0.25, 0.3) is 0 Å². The standard InChI is InChI=1S/C11H22N4O2.ClH/c1-3-13-11(17)14-10(16)8-15-6-4-5-9(7-15)12-2;/h9,12H,3-8H2,1-2H3,(H2,13,14,16,17);1H. The van der Waals surface area contributed by atoms with E-state index in [0.717, 1.165) is 25.9 Å². The Morgan fingerprint density at radius 2 is 2.11 bits per heavy atom. The zero-order valence-electron chi connectivity index (χ0n) is 11.0. The predicted molar refractivity (Wildman–Crippen MR) is 73.0 cm³/mol. The van der Waals surface area contributed by atoms with Gasteiger partial charge >= 0.3 is 6.03 Å². The number of rotatable bonds is 4. The summed E-state index contributed by atoms with van der Waals surface area (Å²) in [6.45, 7) is 4.40. The molecule has 1 saturated heterocycles. The first kappa shape index (κ1) is 17.2. The molecular formula is C11H23ClN4O2. The molecule has 1 fully saturated rings. The SMILES string of the molecule is CCNC(=O)NC(=O)CN1CCCC(NC)C1.Cl. The number of carbonyl (C=O) groups excluding carboxylic acids is 2. The number of likely N-dealkylation sites (tertiary alicyclic amines) is 1. The number of nitrogens with one attached hydrogen (secondary N) is 3. The van der Waals surface area contributed by atoms with Crippen molar-refractivity contribution in [1.82, 2.24) is 20.9 Å². The Bertz CT molecular complexity index is 276. The Kier molecular flexibility index (Phi) is 8.70. The van der Waals surface area contributed by atoms with Crippen LogP contribution in [0, 0.1) is 0 Å². The van der Waals surface area contributed by atoms with Crippen LogP contribution in [-0.2, 0) is 4.79 Å². The highest BCUT2D eigenvalue weighted by Gasteiger charge is 2.20. The van der Waals surface area contributed by atoms with Gasteiger partial charge in [0.1, 0.15) is 0 Å². The second kappa shape index (κ2) is 9.13. The third kappa shape index (κ3) is 6.18. The summed E-state index contributed by atoms with van der Waals surface area (Å²) in [6, 6.07) is 0.0284. The van der Waals surface area contributed by atoms with E-state index in [-0.39, 0.29) is 24.9 Å². The minimum Gasteiger partial charge on any atom is -0.338 e. The smallest absolute Gasteiger partial charge is 0.321 e. The third-order valence-corrected chi connectivity index (χ3v) is 2.87. The van der Waals surface area contributed by atoms with Gasteiger partial charge in [0.05, 0.1) is 6.54 Å². The fourth-order valence-electron chi connectivity index (χ4n) is 2.01. The fraction of sp³-hybridized carbons (Fsp3) is 0.818. The molecule has 1 heterocycles. The molecule has 0 aromatic rings. The van der Waals surface area contributed by atoms with Crippen LogP contribution in [0.15, 0.2) is 0 Å². The largest absolute Gasteiger partial charge is 0.338 e. The van der Waals surface area contributed by atoms with Crippen molar-refractivity contribution in [2.75, 3.05) is 33.2 Å². The van der Waals surface area contributed by atoms with E-state index in [1.807, 2.05) is 14.0 Å². The molecule has 0 spiro atoms. The molecule has 1 unspecified atom stereocenters. The van der Waals surface area contributed by atoms with Crippen molar-refractivity contribution >= 4 is 24.3 Å². The van der Waals surface area contributed by atoms with Gasteiger partial charge in [-0.2, -0.15) is 0 Å². The quantitative estimate of drug-likeness (QED) is 0.674. The number of halogens is 1. The van der Waals surface area contributed by atoms with Crippen LogP contribution in [0.4, 0.5) is 4.79 Å². The molecule has 7 heteroatoms. The Morgan fingerprint density at radius 3 is 2.72 bits per heavy atom. The summed E-state index contributed by atoms with van der Waals surface area (Å²) in [5, 5.41) is 8.06. The van der Waals surface area contributed by atoms with Crippen LogP contribution in [0.3, 0.4) is 0 Å². The van der Waals surface area contributed by atoms with Gasteiger partial charge in [0, 0.05) is 19.1 Å². The molecule has 1 rings (SSSR count). The Labute approximate surface area is 114 Å². The number of nitrogens with zero attached hydrogens (tertiary/aromatic N) is 1. The topological polar surface area (TPSA) is 73.5 Å². The number of piperidine rings is 1. The van der Waals surface area contributed by atoms with Gasteiger partial charge in [-0.25, -0.2) is 4.79 Å². The maximum Gasteiger partial charge on any atom is 0.321 e. The number of amides is 3. The van der Waals surface area contributed by atoms with Gasteiger partial charge in [-0.1, -0.05) is 0 Å². The van der Waals surface area contributed by atoms with Crippen LogP contribution in [-0.4, -0.2) is 56.1 Å². The minimum absolute atomic E-state index is 0. The number of hydrogen-bond acceptors (Lipinski definition) is 4. The monoisotopic (exact) mass is 278 g/mol. The molecule has 3 amide bonds. The normalized spacial score (nSPS) is 19.8. The van der Waals surface area contributed by atoms with Crippen LogP contribution < -0.4 is 16.0 Å². The number of carbonyl (C=O) groups is 2. The van der Waals surface area contributed by atoms with E-state index in [1.54, 1.807) is 0 Å². The summed E-state index contributed by atoms with van der Waals surface area (Å²) in [6.07, 6.45) is 2.23. The van der Waals surface area contributed by atoms with Gasteiger partial charge in [-0.05, 0) is 33.4 Å². The van der Waals surface area contributed by atoms with Gasteiger partial charge in [0.2, 0.25) is 5.91 Å². The second-order valence-corrected chi connectivity index (χ2v) is 4.27. The van der Waals surface area contributed by atoms with Crippen molar-refractivity contribution in [2.45, 2.75) is 25.8 Å². The summed E-state index contributed by atoms with van der Waals surface area (Å²) >= 11 is 0. The van der Waals surface area contributed by atoms with Crippen LogP contribution in [0.5, 0.6) is 0 Å². The van der Waals surface area contributed by atoms with Gasteiger partial charge in [-0.15, -0.1) is 12.4 Å². The van der Waals surface area contributed by atoms with Gasteiger partial charge < -0.3 is 10.6 Å². The molecule has 0 aromatic carbocycles. The molecule has 0 radical (unpaired) electrons. The molecule has 0 bridgehead atoms. The highest BCUT2D eigenvalue weighted by Crippen LogP contribution is 2.08. The lowest BCUT2D eigenvalue weighted by Gasteiger charge is -2.31. The van der Waals surface area contributed by atoms with E-state index in [4.69, 9.17) is 0 Å². The summed E-state index contributed by atoms with van der Waals surface area (Å²) in [7, 11) is 1.93. The first-order chi connectivity index (χ1) is 8.15. The zero-order chi connectivity index (χ0) is 12.7. The lowest BCUT2D eigenvalue weighted by Crippen LogP contribution is -2.49. The van der Waals surface area contributed by atoms with E-state index in [9.17, 15) is 9.59 Å². The van der Waals surface area contributed by atoms with E-state index in [0.29, 0.717) is 12.6 Å². The molecule has 3 N–H and O–H groups in total. The van der Waals surface area contributed by atoms with E-state index in [2.05, 4.69) is 20.9 Å². The molecule has 106 valence electrons. The lowest BCUT2D eigenvalue weighted by molar-refractivity contribution is -0.121. The minimum atomic E-state index is -0.417. The number of urea groups is 1. The van der Waals surface area contributed by atoms with Crippen molar-refractivity contribution < 1.29 is 9.59 Å². The van der Waals surface area contributed by atoms with Crippen molar-refractivity contribution in [2.24, 2.45) is 0 Å². The van der Waals surface area contributed by atoms with Gasteiger partial charge in [-0.3, -0.25) is 15.0 Å². The first-order valence-corrected chi connectivity index (χ1v) is 6.13. The Balaban J connectivity index is 0.00000289. The number of likely N-dealkylation sites (N-methyl/N-ethyl adjacent to an activating group) is 1. The Hall–Kier alpha value is -0.850. The highest BCUT2D eigenvalue weighted by atomic mass is 35.5. The summed E-state index contributed by atoms with van der Waals surface area (Å²) in [5.41, 5.74) is 0. The second-order valence-electron chi connectivity index (χ2n) is 4.27. The molecule has 1 aliphatic heterocycles. The number of hydrogen-bond donors (Lipinski definition) is 3. The molecule has 18 heavy (non-hydrogen) atoms. The molecule has 1 atom stereocenters. The van der Waals surface area contributed by atoms with Crippen molar-refractivity contribution in [1.29, 1.82) is 0 Å². The molecular weight excluding hydrogens is 256 g/mol. The lowest BCUT2D eigenvalue weighted by atomic mass is 10.1. The first-order valence-electron chi connectivity index (χ1n) is 6.13. The summed E-state index contributed by atoms with van der Waals surface area (Å²) in [4.78, 5) is 24.8. The van der Waals surface area contributed by atoms with E-state index < -0.39 is 6.03 Å².